The molecule has 0 aliphatic rings. The number of nitrogens with two attached hydrogens (primary N) is 1. The van der Waals surface area contributed by atoms with Crippen LogP contribution in [-0.2, 0) is 49.6 Å². The Balaban J connectivity index is 2.27. The maximum absolute atomic E-state index is 14.0. The lowest BCUT2D eigenvalue weighted by molar-refractivity contribution is -0.144. The summed E-state index contributed by atoms with van der Waals surface area (Å²) in [7, 11) is 0. The Morgan fingerprint density at radius 2 is 1.22 bits per heavy atom. The van der Waals surface area contributed by atoms with Gasteiger partial charge < -0.3 is 73.6 Å². The molecule has 2 aromatic rings. The Morgan fingerprint density at radius 1 is 0.627 bits per heavy atom. The molecule has 7 amide bonds. The van der Waals surface area contributed by atoms with Crippen molar-refractivity contribution < 1.29 is 78.6 Å². The van der Waals surface area contributed by atoms with Crippen molar-refractivity contribution in [1.29, 1.82) is 0 Å². The van der Waals surface area contributed by atoms with Crippen molar-refractivity contribution in [1.82, 2.24) is 37.2 Å². The van der Waals surface area contributed by atoms with Crippen LogP contribution in [-0.4, -0.2) is 145 Å². The van der Waals surface area contributed by atoms with Gasteiger partial charge in [0, 0.05) is 18.5 Å². The molecule has 8 atom stereocenters. The molecule has 0 spiro atoms. The van der Waals surface area contributed by atoms with Gasteiger partial charge in [-0.3, -0.25) is 43.2 Å². The van der Waals surface area contributed by atoms with Gasteiger partial charge in [-0.1, -0.05) is 58.0 Å². The topological polar surface area (TPSA) is 402 Å². The average molecular weight is 945 g/mol. The van der Waals surface area contributed by atoms with E-state index in [2.05, 4.69) is 37.2 Å². The number of phenolic OH excluding ortho intramolecular Hbond substituents is 2. The number of carboxylic acids is 3. The van der Waals surface area contributed by atoms with Crippen LogP contribution < -0.4 is 43.0 Å². The van der Waals surface area contributed by atoms with E-state index in [1.165, 1.54) is 6.07 Å². The second kappa shape index (κ2) is 26.6. The highest BCUT2D eigenvalue weighted by atomic mass is 16.4. The molecule has 0 unspecified atom stereocenters. The van der Waals surface area contributed by atoms with Gasteiger partial charge in [-0.15, -0.1) is 0 Å². The molecule has 24 heteroatoms. The smallest absolute Gasteiger partial charge is 0.326 e. The first-order chi connectivity index (χ1) is 31.3. The van der Waals surface area contributed by atoms with E-state index >= 15 is 0 Å². The van der Waals surface area contributed by atoms with Crippen molar-refractivity contribution in [3.63, 3.8) is 0 Å². The van der Waals surface area contributed by atoms with Crippen LogP contribution in [0.25, 0.3) is 0 Å². The number of carbonyl (C=O) groups excluding carboxylic acids is 7. The van der Waals surface area contributed by atoms with Gasteiger partial charge in [-0.05, 0) is 61.8 Å². The fraction of sp³-hybridized carbons (Fsp3) is 0.488. The molecule has 368 valence electrons. The lowest BCUT2D eigenvalue weighted by Crippen LogP contribution is -2.61. The number of carbonyl (C=O) groups is 10. The number of phenols is 2. The van der Waals surface area contributed by atoms with E-state index in [0.717, 1.165) is 19.1 Å². The summed E-state index contributed by atoms with van der Waals surface area (Å²) in [5.41, 5.74) is 6.47. The monoisotopic (exact) mass is 944 g/mol. The fourth-order valence-electron chi connectivity index (χ4n) is 6.24. The minimum absolute atomic E-state index is 0.00837. The molecule has 15 N–H and O–H groups in total. The number of aromatic hydroxyl groups is 2. The number of carboxylic acid groups (broad SMARTS) is 3. The van der Waals surface area contributed by atoms with Crippen molar-refractivity contribution in [3.8, 4) is 11.5 Å². The first kappa shape index (κ1) is 55.8. The highest BCUT2D eigenvalue weighted by Gasteiger charge is 2.36. The first-order valence-electron chi connectivity index (χ1n) is 21.1. The standard InChI is InChI=1S/C43H60N8O16/c1-20(2)15-28(49-41(64)34(21(3)4)51-38(61)25(44)19-45-37(60)24-11-13-30(52)31(53)17-24)40(63)48-27(16-23-9-7-6-8-10-23)35(58)42(65)50-29(18-33(56)57)39(62)46-22(5)36(59)47-26(43(66)67)12-14-32(54)55/h6-11,13,17,20-22,25-29,34-35,52-53,58H,12,14-16,18-19,44H2,1-5H3,(H,45,60)(H,46,62)(H,47,59)(H,48,63)(H,49,64)(H,50,65)(H,51,61)(H,54,55)(H,56,57)(H,66,67)/t22-,25-,26-,27-,28-,29-,34-,35+/m0/s1. The summed E-state index contributed by atoms with van der Waals surface area (Å²) in [6.07, 6.45) is -4.55. The Hall–Kier alpha value is -7.34. The van der Waals surface area contributed by atoms with Crippen molar-refractivity contribution in [2.75, 3.05) is 6.54 Å². The molecule has 0 heterocycles. The Morgan fingerprint density at radius 3 is 1.78 bits per heavy atom. The van der Waals surface area contributed by atoms with Crippen LogP contribution in [0.15, 0.2) is 48.5 Å². The Bertz CT molecular complexity index is 2100. The van der Waals surface area contributed by atoms with Gasteiger partial charge in [0.05, 0.1) is 12.5 Å². The minimum atomic E-state index is -2.18. The van der Waals surface area contributed by atoms with E-state index in [9.17, 15) is 73.5 Å². The van der Waals surface area contributed by atoms with E-state index in [4.69, 9.17) is 10.8 Å². The largest absolute Gasteiger partial charge is 0.504 e. The second-order valence-electron chi connectivity index (χ2n) is 16.4. The number of hydrogen-bond acceptors (Lipinski definition) is 14. The maximum Gasteiger partial charge on any atom is 0.326 e. The number of rotatable bonds is 27. The zero-order valence-electron chi connectivity index (χ0n) is 37.5. The van der Waals surface area contributed by atoms with Gasteiger partial charge >= 0.3 is 17.9 Å². The molecule has 24 nitrogen and oxygen atoms in total. The second-order valence-corrected chi connectivity index (χ2v) is 16.4. The van der Waals surface area contributed by atoms with Crippen LogP contribution >= 0.6 is 0 Å². The number of aliphatic hydroxyl groups excluding tert-OH is 1. The predicted octanol–water partition coefficient (Wildman–Crippen LogP) is -2.19. The summed E-state index contributed by atoms with van der Waals surface area (Å²) >= 11 is 0. The fourth-order valence-corrected chi connectivity index (χ4v) is 6.24. The van der Waals surface area contributed by atoms with E-state index in [-0.39, 0.29) is 24.3 Å². The van der Waals surface area contributed by atoms with Crippen LogP contribution in [0.1, 0.15) is 76.2 Å². The molecular formula is C43H60N8O16. The van der Waals surface area contributed by atoms with Crippen molar-refractivity contribution in [2.24, 2.45) is 17.6 Å². The maximum atomic E-state index is 14.0. The van der Waals surface area contributed by atoms with Crippen molar-refractivity contribution >= 4 is 59.3 Å². The molecule has 0 aliphatic heterocycles. The minimum Gasteiger partial charge on any atom is -0.504 e. The van der Waals surface area contributed by atoms with E-state index in [0.29, 0.717) is 5.56 Å². The summed E-state index contributed by atoms with van der Waals surface area (Å²) < 4.78 is 0. The van der Waals surface area contributed by atoms with Gasteiger partial charge in [0.2, 0.25) is 29.5 Å². The Kier molecular flexibility index (Phi) is 22.1. The number of aliphatic carboxylic acids is 3. The SMILES string of the molecule is CC(C)C[C@H](NC(=O)[C@@H](NC(=O)[C@@H](N)CNC(=O)c1ccc(O)c(O)c1)C(C)C)C(=O)N[C@@H](Cc1ccccc1)[C@@H](O)C(=O)N[C@@H](CC(=O)O)C(=O)N[C@@H](C)C(=O)N[C@@H](CCC(=O)O)C(=O)O. The van der Waals surface area contributed by atoms with E-state index in [1.54, 1.807) is 58.0 Å². The molecule has 67 heavy (non-hydrogen) atoms. The number of nitrogens with one attached hydrogen (secondary N) is 7. The molecular weight excluding hydrogens is 885 g/mol. The first-order valence-corrected chi connectivity index (χ1v) is 21.1. The van der Waals surface area contributed by atoms with Gasteiger partial charge in [0.25, 0.3) is 11.8 Å². The molecule has 2 rings (SSSR count). The predicted molar refractivity (Wildman–Crippen MR) is 235 cm³/mol. The zero-order valence-corrected chi connectivity index (χ0v) is 37.5. The summed E-state index contributed by atoms with van der Waals surface area (Å²) in [5, 5.41) is 74.9. The average Bonchev–Trinajstić information content (AvgIpc) is 3.25. The molecule has 0 fully saturated rings. The third-order valence-electron chi connectivity index (χ3n) is 9.94. The number of aliphatic hydroxyl groups is 1. The normalized spacial score (nSPS) is 14.6. The summed E-state index contributed by atoms with van der Waals surface area (Å²) in [6.45, 7) is 7.40. The molecule has 0 saturated carbocycles. The van der Waals surface area contributed by atoms with Crippen molar-refractivity contribution in [3.05, 3.63) is 59.7 Å². The van der Waals surface area contributed by atoms with E-state index in [1.807, 2.05) is 0 Å². The third-order valence-corrected chi connectivity index (χ3v) is 9.94. The van der Waals surface area contributed by atoms with Crippen LogP contribution in [0.4, 0.5) is 0 Å². The summed E-state index contributed by atoms with van der Waals surface area (Å²) in [4.78, 5) is 127. The zero-order chi connectivity index (χ0) is 50.7. The third kappa shape index (κ3) is 19.0. The molecule has 0 bridgehead atoms. The Labute approximate surface area is 384 Å². The number of amides is 7. The van der Waals surface area contributed by atoms with E-state index < -0.39 is 151 Å². The highest BCUT2D eigenvalue weighted by Crippen LogP contribution is 2.24. The van der Waals surface area contributed by atoms with Crippen molar-refractivity contribution in [2.45, 2.75) is 115 Å². The van der Waals surface area contributed by atoms with Gasteiger partial charge in [-0.25, -0.2) is 4.79 Å². The number of hydrogen-bond donors (Lipinski definition) is 14. The van der Waals surface area contributed by atoms with Crippen LogP contribution in [0.3, 0.4) is 0 Å². The lowest BCUT2D eigenvalue weighted by Gasteiger charge is -2.30. The van der Waals surface area contributed by atoms with Gasteiger partial charge in [0.15, 0.2) is 17.6 Å². The quantitative estimate of drug-likeness (QED) is 0.0423. The van der Waals surface area contributed by atoms with Gasteiger partial charge in [0.1, 0.15) is 36.3 Å². The van der Waals surface area contributed by atoms with Crippen LogP contribution in [0, 0.1) is 11.8 Å². The number of benzene rings is 2. The summed E-state index contributed by atoms with van der Waals surface area (Å²) in [5.74, 6) is -13.2. The highest BCUT2D eigenvalue weighted by molar-refractivity contribution is 5.97. The lowest BCUT2D eigenvalue weighted by atomic mass is 9.97. The summed E-state index contributed by atoms with van der Waals surface area (Å²) in [6, 6.07) is 0.931. The molecule has 0 aromatic heterocycles. The van der Waals surface area contributed by atoms with Crippen LogP contribution in [0.5, 0.6) is 11.5 Å². The molecule has 2 aromatic carbocycles. The van der Waals surface area contributed by atoms with Gasteiger partial charge in [-0.2, -0.15) is 0 Å². The van der Waals surface area contributed by atoms with Crippen LogP contribution in [0.2, 0.25) is 0 Å². The molecule has 0 aliphatic carbocycles. The molecule has 0 radical (unpaired) electrons. The molecule has 0 saturated heterocycles.